The normalized spacial score (nSPS) is 22.7. The van der Waals surface area contributed by atoms with Gasteiger partial charge in [0, 0.05) is 25.2 Å². The molecule has 0 aromatic carbocycles. The highest BCUT2D eigenvalue weighted by Gasteiger charge is 2.16. The molecule has 0 spiro atoms. The van der Waals surface area contributed by atoms with E-state index in [9.17, 15) is 9.59 Å². The molecule has 1 saturated heterocycles. The first-order chi connectivity index (χ1) is 7.09. The molecule has 1 heterocycles. The minimum Gasteiger partial charge on any atom is -0.478 e. The van der Waals surface area contributed by atoms with E-state index in [-0.39, 0.29) is 5.91 Å². The molecule has 0 aliphatic carbocycles. The number of nitrogens with zero attached hydrogens (tertiary/aromatic N) is 1. The molecule has 1 amide bonds. The monoisotopic (exact) mass is 211 g/mol. The van der Waals surface area contributed by atoms with Crippen LogP contribution in [0.3, 0.4) is 0 Å². The zero-order valence-electron chi connectivity index (χ0n) is 8.98. The maximum absolute atomic E-state index is 11.5. The van der Waals surface area contributed by atoms with Crippen LogP contribution in [0.25, 0.3) is 0 Å². The Labute approximate surface area is 89.6 Å². The number of carbonyl (C=O) groups excluding carboxylic acids is 1. The maximum Gasteiger partial charge on any atom is 0.328 e. The number of carbonyl (C=O) groups is 2. The number of likely N-dealkylation sites (tertiary alicyclic amines) is 1. The summed E-state index contributed by atoms with van der Waals surface area (Å²) in [6.07, 6.45) is 5.20. The van der Waals surface area contributed by atoms with Gasteiger partial charge in [-0.25, -0.2) is 4.79 Å². The van der Waals surface area contributed by atoms with E-state index >= 15 is 0 Å². The Morgan fingerprint density at radius 1 is 1.27 bits per heavy atom. The molecule has 0 aromatic rings. The Hall–Kier alpha value is -1.32. The quantitative estimate of drug-likeness (QED) is 0.700. The van der Waals surface area contributed by atoms with E-state index < -0.39 is 5.97 Å². The molecule has 0 aromatic heterocycles. The summed E-state index contributed by atoms with van der Waals surface area (Å²) in [7, 11) is 0. The SMILES string of the molecule is CC1CCCN(C(=O)C=CC(=O)O)CC1. The first-order valence-electron chi connectivity index (χ1n) is 5.29. The smallest absolute Gasteiger partial charge is 0.328 e. The fraction of sp³-hybridized carbons (Fsp3) is 0.636. The van der Waals surface area contributed by atoms with Crippen molar-refractivity contribution in [2.75, 3.05) is 13.1 Å². The van der Waals surface area contributed by atoms with Crippen LogP contribution in [0.1, 0.15) is 26.2 Å². The molecule has 1 atom stereocenters. The lowest BCUT2D eigenvalue weighted by molar-refractivity contribution is -0.132. The summed E-state index contributed by atoms with van der Waals surface area (Å²) in [5.41, 5.74) is 0. The van der Waals surface area contributed by atoms with Crippen molar-refractivity contribution < 1.29 is 14.7 Å². The minimum atomic E-state index is -1.08. The van der Waals surface area contributed by atoms with Crippen LogP contribution < -0.4 is 0 Å². The zero-order valence-corrected chi connectivity index (χ0v) is 8.98. The van der Waals surface area contributed by atoms with Crippen molar-refractivity contribution in [3.05, 3.63) is 12.2 Å². The molecule has 4 nitrogen and oxygen atoms in total. The first-order valence-corrected chi connectivity index (χ1v) is 5.29. The standard InChI is InChI=1S/C11H17NO3/c1-9-3-2-7-12(8-6-9)10(13)4-5-11(14)15/h4-5,9H,2-3,6-8H2,1H3,(H,14,15). The first kappa shape index (κ1) is 11.8. The van der Waals surface area contributed by atoms with Crippen molar-refractivity contribution in [2.24, 2.45) is 5.92 Å². The van der Waals surface area contributed by atoms with Gasteiger partial charge in [-0.15, -0.1) is 0 Å². The lowest BCUT2D eigenvalue weighted by atomic mass is 10.0. The van der Waals surface area contributed by atoms with E-state index in [4.69, 9.17) is 5.11 Å². The Bertz CT molecular complexity index is 273. The highest BCUT2D eigenvalue weighted by atomic mass is 16.4. The fourth-order valence-electron chi connectivity index (χ4n) is 1.73. The summed E-state index contributed by atoms with van der Waals surface area (Å²) in [6, 6.07) is 0. The molecule has 0 saturated carbocycles. The third-order valence-electron chi connectivity index (χ3n) is 2.70. The van der Waals surface area contributed by atoms with Crippen LogP contribution in [0.5, 0.6) is 0 Å². The minimum absolute atomic E-state index is 0.188. The van der Waals surface area contributed by atoms with Crippen LogP contribution in [0.2, 0.25) is 0 Å². The second kappa shape index (κ2) is 5.53. The van der Waals surface area contributed by atoms with Crippen LogP contribution in [-0.2, 0) is 9.59 Å². The summed E-state index contributed by atoms with van der Waals surface area (Å²) in [6.45, 7) is 3.66. The number of aliphatic carboxylic acids is 1. The number of carboxylic acid groups (broad SMARTS) is 1. The van der Waals surface area contributed by atoms with Gasteiger partial charge >= 0.3 is 5.97 Å². The maximum atomic E-state index is 11.5. The number of amides is 1. The number of carboxylic acids is 1. The molecule has 0 radical (unpaired) electrons. The molecule has 1 fully saturated rings. The third-order valence-corrected chi connectivity index (χ3v) is 2.70. The highest BCUT2D eigenvalue weighted by molar-refractivity contribution is 5.93. The Morgan fingerprint density at radius 3 is 2.67 bits per heavy atom. The van der Waals surface area contributed by atoms with E-state index in [1.165, 1.54) is 0 Å². The van der Waals surface area contributed by atoms with Crippen molar-refractivity contribution in [1.29, 1.82) is 0 Å². The fourth-order valence-corrected chi connectivity index (χ4v) is 1.73. The average Bonchev–Trinajstić information content (AvgIpc) is 2.39. The van der Waals surface area contributed by atoms with Crippen LogP contribution in [-0.4, -0.2) is 35.0 Å². The van der Waals surface area contributed by atoms with Crippen molar-refractivity contribution in [3.63, 3.8) is 0 Å². The lowest BCUT2D eigenvalue weighted by Gasteiger charge is -2.18. The van der Waals surface area contributed by atoms with Gasteiger partial charge in [-0.05, 0) is 25.2 Å². The molecule has 84 valence electrons. The van der Waals surface area contributed by atoms with Crippen LogP contribution in [0.15, 0.2) is 12.2 Å². The van der Waals surface area contributed by atoms with Gasteiger partial charge in [-0.3, -0.25) is 4.79 Å². The van der Waals surface area contributed by atoms with E-state index in [1.807, 2.05) is 0 Å². The van der Waals surface area contributed by atoms with Gasteiger partial charge in [-0.1, -0.05) is 6.92 Å². The van der Waals surface area contributed by atoms with Gasteiger partial charge in [0.15, 0.2) is 0 Å². The predicted octanol–water partition coefficient (Wildman–Crippen LogP) is 1.28. The Morgan fingerprint density at radius 2 is 2.00 bits per heavy atom. The molecular weight excluding hydrogens is 194 g/mol. The van der Waals surface area contributed by atoms with Gasteiger partial charge < -0.3 is 10.0 Å². The van der Waals surface area contributed by atoms with Gasteiger partial charge in [-0.2, -0.15) is 0 Å². The van der Waals surface area contributed by atoms with Gasteiger partial charge in [0.2, 0.25) is 5.91 Å². The lowest BCUT2D eigenvalue weighted by Crippen LogP contribution is -2.30. The Kier molecular flexibility index (Phi) is 4.34. The van der Waals surface area contributed by atoms with Gasteiger partial charge in [0.25, 0.3) is 0 Å². The molecule has 15 heavy (non-hydrogen) atoms. The third kappa shape index (κ3) is 4.14. The van der Waals surface area contributed by atoms with E-state index in [0.717, 1.165) is 44.5 Å². The van der Waals surface area contributed by atoms with Crippen LogP contribution in [0.4, 0.5) is 0 Å². The molecule has 0 bridgehead atoms. The summed E-state index contributed by atoms with van der Waals surface area (Å²) >= 11 is 0. The van der Waals surface area contributed by atoms with E-state index in [1.54, 1.807) is 4.90 Å². The molecule has 1 N–H and O–H groups in total. The van der Waals surface area contributed by atoms with Gasteiger partial charge in [0.1, 0.15) is 0 Å². The summed E-state index contributed by atoms with van der Waals surface area (Å²) < 4.78 is 0. The van der Waals surface area contributed by atoms with Crippen molar-refractivity contribution in [1.82, 2.24) is 4.90 Å². The summed E-state index contributed by atoms with van der Waals surface area (Å²) in [5.74, 6) is -0.607. The molecule has 1 aliphatic heterocycles. The zero-order chi connectivity index (χ0) is 11.3. The average molecular weight is 211 g/mol. The van der Waals surface area contributed by atoms with E-state index in [2.05, 4.69) is 6.92 Å². The van der Waals surface area contributed by atoms with Crippen molar-refractivity contribution in [2.45, 2.75) is 26.2 Å². The molecular formula is C11H17NO3. The molecule has 1 unspecified atom stereocenters. The molecule has 4 heteroatoms. The number of hydrogen-bond acceptors (Lipinski definition) is 2. The summed E-state index contributed by atoms with van der Waals surface area (Å²) in [5, 5.41) is 8.40. The number of hydrogen-bond donors (Lipinski definition) is 1. The molecule has 1 rings (SSSR count). The largest absolute Gasteiger partial charge is 0.478 e. The second-order valence-electron chi connectivity index (χ2n) is 4.03. The van der Waals surface area contributed by atoms with Crippen LogP contribution >= 0.6 is 0 Å². The summed E-state index contributed by atoms with van der Waals surface area (Å²) in [4.78, 5) is 23.5. The Balaban J connectivity index is 2.48. The highest BCUT2D eigenvalue weighted by Crippen LogP contribution is 2.16. The predicted molar refractivity (Wildman–Crippen MR) is 56.4 cm³/mol. The van der Waals surface area contributed by atoms with E-state index in [0.29, 0.717) is 5.92 Å². The topological polar surface area (TPSA) is 57.6 Å². The van der Waals surface area contributed by atoms with Gasteiger partial charge in [0.05, 0.1) is 0 Å². The second-order valence-corrected chi connectivity index (χ2v) is 4.03. The molecule has 1 aliphatic rings. The van der Waals surface area contributed by atoms with Crippen molar-refractivity contribution in [3.8, 4) is 0 Å². The number of rotatable bonds is 2. The van der Waals surface area contributed by atoms with Crippen molar-refractivity contribution >= 4 is 11.9 Å². The van der Waals surface area contributed by atoms with Crippen LogP contribution in [0, 0.1) is 5.92 Å².